The van der Waals surface area contributed by atoms with Gasteiger partial charge in [-0.15, -0.1) is 0 Å². The summed E-state index contributed by atoms with van der Waals surface area (Å²) in [4.78, 5) is 16.3. The molecular weight excluding hydrogens is 202 g/mol. The van der Waals surface area contributed by atoms with Crippen LogP contribution >= 0.6 is 0 Å². The molecule has 2 saturated heterocycles. The van der Waals surface area contributed by atoms with Crippen LogP contribution in [0.5, 0.6) is 0 Å². The third kappa shape index (κ3) is 2.74. The van der Waals surface area contributed by atoms with E-state index in [-0.39, 0.29) is 0 Å². The fourth-order valence-electron chi connectivity index (χ4n) is 2.73. The molecule has 1 amide bonds. The van der Waals surface area contributed by atoms with Gasteiger partial charge in [0.15, 0.2) is 0 Å². The Balaban J connectivity index is 1.82. The van der Waals surface area contributed by atoms with Crippen LogP contribution in [0.1, 0.15) is 32.6 Å². The predicted molar refractivity (Wildman–Crippen MR) is 64.1 cm³/mol. The third-order valence-corrected chi connectivity index (χ3v) is 3.85. The van der Waals surface area contributed by atoms with Crippen molar-refractivity contribution in [2.75, 3.05) is 26.2 Å². The molecule has 2 fully saturated rings. The van der Waals surface area contributed by atoms with Gasteiger partial charge in [0.2, 0.25) is 5.91 Å². The Hall–Kier alpha value is -0.610. The smallest absolute Gasteiger partial charge is 0.236 e. The average Bonchev–Trinajstić information content (AvgIpc) is 2.75. The lowest BCUT2D eigenvalue weighted by Gasteiger charge is -2.36. The molecule has 0 aromatic carbocycles. The van der Waals surface area contributed by atoms with Crippen molar-refractivity contribution in [3.05, 3.63) is 0 Å². The molecule has 2 rings (SSSR count). The molecule has 0 spiro atoms. The van der Waals surface area contributed by atoms with E-state index >= 15 is 0 Å². The summed E-state index contributed by atoms with van der Waals surface area (Å²) >= 11 is 0. The highest BCUT2D eigenvalue weighted by Crippen LogP contribution is 2.16. The summed E-state index contributed by atoms with van der Waals surface area (Å²) in [5.41, 5.74) is 5.92. The van der Waals surface area contributed by atoms with Crippen LogP contribution < -0.4 is 5.73 Å². The number of hydrogen-bond acceptors (Lipinski definition) is 3. The Kier molecular flexibility index (Phi) is 3.82. The fraction of sp³-hybridized carbons (Fsp3) is 0.917. The lowest BCUT2D eigenvalue weighted by Crippen LogP contribution is -2.49. The molecule has 2 atom stereocenters. The molecule has 92 valence electrons. The quantitative estimate of drug-likeness (QED) is 0.741. The second-order valence-corrected chi connectivity index (χ2v) is 5.19. The van der Waals surface area contributed by atoms with Gasteiger partial charge in [-0.05, 0) is 32.6 Å². The SMILES string of the molecule is CC1CC(N)CCN1CC(=O)N1CCCC1. The molecule has 4 nitrogen and oxygen atoms in total. The van der Waals surface area contributed by atoms with Crippen LogP contribution in [0.4, 0.5) is 0 Å². The minimum absolute atomic E-state index is 0.305. The predicted octanol–water partition coefficient (Wildman–Crippen LogP) is 0.420. The minimum Gasteiger partial charge on any atom is -0.342 e. The van der Waals surface area contributed by atoms with Crippen LogP contribution in [-0.4, -0.2) is 54.0 Å². The molecule has 4 heteroatoms. The summed E-state index contributed by atoms with van der Waals surface area (Å²) in [6, 6.07) is 0.781. The summed E-state index contributed by atoms with van der Waals surface area (Å²) < 4.78 is 0. The highest BCUT2D eigenvalue weighted by atomic mass is 16.2. The van der Waals surface area contributed by atoms with Crippen molar-refractivity contribution in [1.29, 1.82) is 0 Å². The van der Waals surface area contributed by atoms with E-state index in [4.69, 9.17) is 5.73 Å². The first-order chi connectivity index (χ1) is 7.66. The molecule has 0 radical (unpaired) electrons. The maximum absolute atomic E-state index is 12.0. The number of carbonyl (C=O) groups excluding carboxylic acids is 1. The van der Waals surface area contributed by atoms with Gasteiger partial charge in [0.05, 0.1) is 6.54 Å². The van der Waals surface area contributed by atoms with Crippen LogP contribution in [0.2, 0.25) is 0 Å². The van der Waals surface area contributed by atoms with Crippen LogP contribution in [0.25, 0.3) is 0 Å². The second kappa shape index (κ2) is 5.15. The first kappa shape index (κ1) is 11.9. The molecule has 16 heavy (non-hydrogen) atoms. The highest BCUT2D eigenvalue weighted by molar-refractivity contribution is 5.78. The van der Waals surface area contributed by atoms with Crippen molar-refractivity contribution in [2.45, 2.75) is 44.7 Å². The third-order valence-electron chi connectivity index (χ3n) is 3.85. The van der Waals surface area contributed by atoms with Crippen LogP contribution in [0.3, 0.4) is 0 Å². The number of carbonyl (C=O) groups is 1. The Morgan fingerprint density at radius 1 is 1.31 bits per heavy atom. The molecule has 2 unspecified atom stereocenters. The van der Waals surface area contributed by atoms with Crippen LogP contribution in [0.15, 0.2) is 0 Å². The zero-order valence-electron chi connectivity index (χ0n) is 10.2. The van der Waals surface area contributed by atoms with Crippen molar-refractivity contribution in [3.8, 4) is 0 Å². The van der Waals surface area contributed by atoms with Crippen molar-refractivity contribution >= 4 is 5.91 Å². The van der Waals surface area contributed by atoms with E-state index < -0.39 is 0 Å². The van der Waals surface area contributed by atoms with Gasteiger partial charge >= 0.3 is 0 Å². The maximum Gasteiger partial charge on any atom is 0.236 e. The van der Waals surface area contributed by atoms with Gasteiger partial charge in [-0.2, -0.15) is 0 Å². The molecule has 2 aliphatic rings. The summed E-state index contributed by atoms with van der Waals surface area (Å²) in [6.45, 7) is 5.66. The molecule has 0 aromatic heterocycles. The monoisotopic (exact) mass is 225 g/mol. The van der Waals surface area contributed by atoms with Gasteiger partial charge in [0.25, 0.3) is 0 Å². The zero-order chi connectivity index (χ0) is 11.5. The molecule has 2 aliphatic heterocycles. The average molecular weight is 225 g/mol. The van der Waals surface area contributed by atoms with E-state index in [1.807, 2.05) is 4.90 Å². The van der Waals surface area contributed by atoms with Crippen molar-refractivity contribution in [2.24, 2.45) is 5.73 Å². The largest absolute Gasteiger partial charge is 0.342 e. The molecule has 0 saturated carbocycles. The normalized spacial score (nSPS) is 32.0. The number of hydrogen-bond donors (Lipinski definition) is 1. The van der Waals surface area contributed by atoms with Gasteiger partial charge in [-0.25, -0.2) is 0 Å². The summed E-state index contributed by atoms with van der Waals surface area (Å²) in [6.07, 6.45) is 4.39. The number of likely N-dealkylation sites (tertiary alicyclic amines) is 2. The second-order valence-electron chi connectivity index (χ2n) is 5.19. The highest BCUT2D eigenvalue weighted by Gasteiger charge is 2.27. The zero-order valence-corrected chi connectivity index (χ0v) is 10.2. The minimum atomic E-state index is 0.305. The fourth-order valence-corrected chi connectivity index (χ4v) is 2.73. The maximum atomic E-state index is 12.0. The summed E-state index contributed by atoms with van der Waals surface area (Å²) in [5, 5.41) is 0. The molecule has 0 aromatic rings. The van der Waals surface area contributed by atoms with E-state index in [1.54, 1.807) is 0 Å². The van der Waals surface area contributed by atoms with Crippen molar-refractivity contribution < 1.29 is 4.79 Å². The summed E-state index contributed by atoms with van der Waals surface area (Å²) in [5.74, 6) is 0.305. The molecule has 2 N–H and O–H groups in total. The van der Waals surface area contributed by atoms with E-state index in [2.05, 4.69) is 11.8 Å². The van der Waals surface area contributed by atoms with Gasteiger partial charge < -0.3 is 10.6 Å². The molecule has 2 heterocycles. The Morgan fingerprint density at radius 2 is 2.00 bits per heavy atom. The lowest BCUT2D eigenvalue weighted by molar-refractivity contribution is -0.132. The number of rotatable bonds is 2. The van der Waals surface area contributed by atoms with E-state index in [0.717, 1.165) is 32.5 Å². The van der Waals surface area contributed by atoms with E-state index in [0.29, 0.717) is 24.5 Å². The van der Waals surface area contributed by atoms with Crippen LogP contribution in [-0.2, 0) is 4.79 Å². The number of nitrogens with two attached hydrogens (primary N) is 1. The lowest BCUT2D eigenvalue weighted by atomic mass is 9.99. The van der Waals surface area contributed by atoms with Gasteiger partial charge in [0.1, 0.15) is 0 Å². The molecule has 0 aliphatic carbocycles. The first-order valence-electron chi connectivity index (χ1n) is 6.44. The van der Waals surface area contributed by atoms with E-state index in [9.17, 15) is 4.79 Å². The summed E-state index contributed by atoms with van der Waals surface area (Å²) in [7, 11) is 0. The topological polar surface area (TPSA) is 49.6 Å². The van der Waals surface area contributed by atoms with E-state index in [1.165, 1.54) is 12.8 Å². The molecular formula is C12H23N3O. The Labute approximate surface area is 97.8 Å². The van der Waals surface area contributed by atoms with Crippen molar-refractivity contribution in [3.63, 3.8) is 0 Å². The molecule has 0 bridgehead atoms. The van der Waals surface area contributed by atoms with Crippen molar-refractivity contribution in [1.82, 2.24) is 9.80 Å². The van der Waals surface area contributed by atoms with Gasteiger partial charge in [-0.1, -0.05) is 0 Å². The number of piperidine rings is 1. The van der Waals surface area contributed by atoms with Crippen LogP contribution in [0, 0.1) is 0 Å². The Bertz CT molecular complexity index is 251. The standard InChI is InChI=1S/C12H23N3O/c1-10-8-11(13)4-7-15(10)9-12(16)14-5-2-3-6-14/h10-11H,2-9,13H2,1H3. The van der Waals surface area contributed by atoms with Gasteiger partial charge in [0, 0.05) is 31.7 Å². The van der Waals surface area contributed by atoms with Gasteiger partial charge in [-0.3, -0.25) is 9.69 Å². The number of nitrogens with zero attached hydrogens (tertiary/aromatic N) is 2. The Morgan fingerprint density at radius 3 is 2.62 bits per heavy atom. The first-order valence-corrected chi connectivity index (χ1v) is 6.44. The number of amides is 1.